The minimum Gasteiger partial charge on any atom is -0.367 e. The first-order valence-electron chi connectivity index (χ1n) is 10.8. The van der Waals surface area contributed by atoms with Gasteiger partial charge in [-0.3, -0.25) is 14.5 Å². The number of thiophene rings is 2. The zero-order valence-electron chi connectivity index (χ0n) is 18.3. The van der Waals surface area contributed by atoms with E-state index in [0.29, 0.717) is 48.6 Å². The number of benzene rings is 1. The second-order valence-electron chi connectivity index (χ2n) is 8.18. The van der Waals surface area contributed by atoms with Gasteiger partial charge in [-0.25, -0.2) is 9.37 Å². The number of nitrogens with one attached hydrogen (secondary N) is 1. The highest BCUT2D eigenvalue weighted by Gasteiger charge is 2.26. The van der Waals surface area contributed by atoms with Gasteiger partial charge < -0.3 is 9.88 Å². The molecule has 5 rings (SSSR count). The first kappa shape index (κ1) is 21.9. The molecule has 1 atom stereocenters. The number of carbonyl (C=O) groups excluding carboxylic acids is 1. The van der Waals surface area contributed by atoms with E-state index in [9.17, 15) is 14.0 Å². The van der Waals surface area contributed by atoms with Crippen molar-refractivity contribution in [3.63, 3.8) is 0 Å². The Bertz CT molecular complexity index is 1370. The molecule has 1 aliphatic heterocycles. The van der Waals surface area contributed by atoms with Gasteiger partial charge in [0.15, 0.2) is 5.78 Å². The van der Waals surface area contributed by atoms with E-state index in [1.807, 2.05) is 34.7 Å². The van der Waals surface area contributed by atoms with Crippen LogP contribution in [0.2, 0.25) is 0 Å². The Kier molecular flexibility index (Phi) is 5.86. The topological polar surface area (TPSA) is 69.3 Å². The van der Waals surface area contributed by atoms with Crippen molar-refractivity contribution in [3.8, 4) is 10.4 Å². The molecule has 1 unspecified atom stereocenters. The fraction of sp³-hybridized carbons (Fsp3) is 0.292. The summed E-state index contributed by atoms with van der Waals surface area (Å²) >= 11 is 3.10. The number of hydrogen-bond acceptors (Lipinski definition) is 7. The number of rotatable bonds is 5. The number of hydrogen-bond donors (Lipinski definition) is 1. The molecule has 1 saturated heterocycles. The van der Waals surface area contributed by atoms with Crippen LogP contribution in [0.1, 0.15) is 36.1 Å². The minimum atomic E-state index is -0.375. The van der Waals surface area contributed by atoms with Crippen molar-refractivity contribution in [1.29, 1.82) is 0 Å². The van der Waals surface area contributed by atoms with Crippen molar-refractivity contribution in [2.24, 2.45) is 0 Å². The van der Waals surface area contributed by atoms with Gasteiger partial charge in [0.2, 0.25) is 0 Å². The molecule has 0 spiro atoms. The van der Waals surface area contributed by atoms with Crippen molar-refractivity contribution >= 4 is 44.4 Å². The van der Waals surface area contributed by atoms with Crippen LogP contribution < -0.4 is 10.5 Å². The maximum atomic E-state index is 14.6. The third-order valence-electron chi connectivity index (χ3n) is 6.20. The van der Waals surface area contributed by atoms with Gasteiger partial charge in [0, 0.05) is 47.6 Å². The van der Waals surface area contributed by atoms with E-state index in [2.05, 4.69) is 9.88 Å². The Morgan fingerprint density at radius 2 is 1.97 bits per heavy atom. The summed E-state index contributed by atoms with van der Waals surface area (Å²) in [6.07, 6.45) is 0. The smallest absolute Gasteiger partial charge is 0.260 e. The van der Waals surface area contributed by atoms with E-state index in [1.54, 1.807) is 23.5 Å². The number of piperazine rings is 1. The van der Waals surface area contributed by atoms with Crippen LogP contribution in [0.15, 0.2) is 45.9 Å². The van der Waals surface area contributed by atoms with E-state index >= 15 is 0 Å². The predicted molar refractivity (Wildman–Crippen MR) is 132 cm³/mol. The van der Waals surface area contributed by atoms with Gasteiger partial charge in [0.1, 0.15) is 16.5 Å². The first-order chi connectivity index (χ1) is 15.9. The Hall–Kier alpha value is -2.88. The fourth-order valence-corrected chi connectivity index (χ4v) is 6.05. The number of ketones is 1. The molecule has 3 aromatic heterocycles. The van der Waals surface area contributed by atoms with Crippen LogP contribution in [0.4, 0.5) is 10.1 Å². The molecule has 4 aromatic rings. The number of nitrogens with zero attached hydrogens (tertiary/aromatic N) is 3. The van der Waals surface area contributed by atoms with Crippen LogP contribution in [-0.4, -0.2) is 46.8 Å². The molecule has 6 nitrogen and oxygen atoms in total. The number of aromatic amines is 1. The Balaban J connectivity index is 1.32. The standard InChI is InChI=1S/C24H23FN4O2S2/c1-14(22-26-23(31)21-17(13-33-24(21)27-22)20-4-3-11-32-20)28-7-9-29(10-8-28)19-6-5-16(15(2)30)12-18(19)25/h3-6,11-14H,7-10H2,1-2H3,(H,26,27,31). The van der Waals surface area contributed by atoms with E-state index < -0.39 is 0 Å². The molecule has 0 bridgehead atoms. The SMILES string of the molecule is CC(=O)c1ccc(N2CCN(C(C)c3nc4scc(-c5cccs5)c4c(=O)[nH]3)CC2)c(F)c1. The first-order valence-corrected chi connectivity index (χ1v) is 12.5. The molecular formula is C24H23FN4O2S2. The number of halogens is 1. The molecule has 1 aliphatic rings. The van der Waals surface area contributed by atoms with Gasteiger partial charge in [-0.15, -0.1) is 22.7 Å². The number of anilines is 1. The summed E-state index contributed by atoms with van der Waals surface area (Å²) in [5, 5.41) is 4.64. The van der Waals surface area contributed by atoms with Crippen molar-refractivity contribution in [2.75, 3.05) is 31.1 Å². The normalized spacial score (nSPS) is 15.8. The molecule has 9 heteroatoms. The van der Waals surface area contributed by atoms with Crippen molar-refractivity contribution in [1.82, 2.24) is 14.9 Å². The van der Waals surface area contributed by atoms with E-state index in [-0.39, 0.29) is 23.2 Å². The maximum Gasteiger partial charge on any atom is 0.260 e. The number of carbonyl (C=O) groups is 1. The maximum absolute atomic E-state index is 14.6. The predicted octanol–water partition coefficient (Wildman–Crippen LogP) is 4.94. The highest BCUT2D eigenvalue weighted by atomic mass is 32.1. The third-order valence-corrected chi connectivity index (χ3v) is 7.98. The van der Waals surface area contributed by atoms with Gasteiger partial charge in [0.05, 0.1) is 17.1 Å². The largest absolute Gasteiger partial charge is 0.367 e. The molecule has 0 saturated carbocycles. The summed E-state index contributed by atoms with van der Waals surface area (Å²) in [4.78, 5) is 38.3. The van der Waals surface area contributed by atoms with Gasteiger partial charge in [-0.05, 0) is 43.5 Å². The molecule has 0 aliphatic carbocycles. The number of fused-ring (bicyclic) bond motifs is 1. The van der Waals surface area contributed by atoms with Crippen molar-refractivity contribution in [3.05, 3.63) is 68.7 Å². The molecule has 0 radical (unpaired) electrons. The van der Waals surface area contributed by atoms with Crippen LogP contribution in [0.25, 0.3) is 20.7 Å². The van der Waals surface area contributed by atoms with Crippen LogP contribution in [0, 0.1) is 5.82 Å². The summed E-state index contributed by atoms with van der Waals surface area (Å²) in [6.45, 7) is 6.19. The second kappa shape index (κ2) is 8.81. The van der Waals surface area contributed by atoms with E-state index in [4.69, 9.17) is 4.98 Å². The zero-order chi connectivity index (χ0) is 23.1. The van der Waals surface area contributed by atoms with Gasteiger partial charge in [-0.1, -0.05) is 6.07 Å². The zero-order valence-corrected chi connectivity index (χ0v) is 19.9. The molecular weight excluding hydrogens is 459 g/mol. The highest BCUT2D eigenvalue weighted by molar-refractivity contribution is 7.18. The number of H-pyrrole nitrogens is 1. The summed E-state index contributed by atoms with van der Waals surface area (Å²) in [5.74, 6) is 0.128. The molecule has 1 aromatic carbocycles. The van der Waals surface area contributed by atoms with Gasteiger partial charge in [-0.2, -0.15) is 0 Å². The lowest BCUT2D eigenvalue weighted by atomic mass is 10.1. The Labute approximate surface area is 198 Å². The highest BCUT2D eigenvalue weighted by Crippen LogP contribution is 2.34. The number of aromatic nitrogens is 2. The molecule has 33 heavy (non-hydrogen) atoms. The van der Waals surface area contributed by atoms with Crippen LogP contribution in [-0.2, 0) is 0 Å². The van der Waals surface area contributed by atoms with Crippen LogP contribution in [0.5, 0.6) is 0 Å². The average Bonchev–Trinajstić information content (AvgIpc) is 3.48. The van der Waals surface area contributed by atoms with Crippen LogP contribution >= 0.6 is 22.7 Å². The molecule has 4 heterocycles. The Morgan fingerprint density at radius 3 is 2.64 bits per heavy atom. The summed E-state index contributed by atoms with van der Waals surface area (Å²) in [6, 6.07) is 8.58. The number of Topliss-reactive ketones (excluding diaryl/α,β-unsaturated/α-hetero) is 1. The summed E-state index contributed by atoms with van der Waals surface area (Å²) < 4.78 is 14.6. The Morgan fingerprint density at radius 1 is 1.18 bits per heavy atom. The molecule has 170 valence electrons. The van der Waals surface area contributed by atoms with Crippen LogP contribution in [0.3, 0.4) is 0 Å². The van der Waals surface area contributed by atoms with Gasteiger partial charge in [0.25, 0.3) is 5.56 Å². The average molecular weight is 483 g/mol. The van der Waals surface area contributed by atoms with Crippen molar-refractivity contribution in [2.45, 2.75) is 19.9 Å². The molecule has 1 fully saturated rings. The monoisotopic (exact) mass is 482 g/mol. The minimum absolute atomic E-state index is 0.0681. The fourth-order valence-electron chi connectivity index (χ4n) is 4.28. The summed E-state index contributed by atoms with van der Waals surface area (Å²) in [5.41, 5.74) is 1.71. The summed E-state index contributed by atoms with van der Waals surface area (Å²) in [7, 11) is 0. The molecule has 1 N–H and O–H groups in total. The lowest BCUT2D eigenvalue weighted by Crippen LogP contribution is -2.47. The lowest BCUT2D eigenvalue weighted by molar-refractivity contribution is 0.101. The van der Waals surface area contributed by atoms with Crippen molar-refractivity contribution < 1.29 is 9.18 Å². The molecule has 0 amide bonds. The second-order valence-corrected chi connectivity index (χ2v) is 9.99. The van der Waals surface area contributed by atoms with E-state index in [0.717, 1.165) is 15.3 Å². The quantitative estimate of drug-likeness (QED) is 0.408. The van der Waals surface area contributed by atoms with E-state index in [1.165, 1.54) is 24.3 Å². The van der Waals surface area contributed by atoms with Gasteiger partial charge >= 0.3 is 0 Å². The lowest BCUT2D eigenvalue weighted by Gasteiger charge is -2.38. The third kappa shape index (κ3) is 4.12.